The first-order valence-corrected chi connectivity index (χ1v) is 8.21. The lowest BCUT2D eigenvalue weighted by Gasteiger charge is -2.25. The normalized spacial score (nSPS) is 16.7. The highest BCUT2D eigenvalue weighted by atomic mass is 16.5. The maximum absolute atomic E-state index is 12.8. The molecule has 1 amide bonds. The van der Waals surface area contributed by atoms with Gasteiger partial charge in [0.2, 0.25) is 0 Å². The van der Waals surface area contributed by atoms with Crippen molar-refractivity contribution in [2.24, 2.45) is 0 Å². The van der Waals surface area contributed by atoms with Crippen molar-refractivity contribution >= 4 is 5.91 Å². The van der Waals surface area contributed by atoms with Gasteiger partial charge in [-0.3, -0.25) is 9.78 Å². The summed E-state index contributed by atoms with van der Waals surface area (Å²) in [6.07, 6.45) is 6.58. The van der Waals surface area contributed by atoms with E-state index >= 15 is 0 Å². The number of pyridine rings is 1. The molecule has 0 saturated heterocycles. The highest BCUT2D eigenvalue weighted by Crippen LogP contribution is 2.30. The Morgan fingerprint density at radius 1 is 1.24 bits per heavy atom. The fourth-order valence-corrected chi connectivity index (χ4v) is 3.02. The van der Waals surface area contributed by atoms with E-state index in [1.807, 2.05) is 42.3 Å². The van der Waals surface area contributed by atoms with Crippen molar-refractivity contribution in [3.63, 3.8) is 0 Å². The Kier molecular flexibility index (Phi) is 3.98. The van der Waals surface area contributed by atoms with Crippen molar-refractivity contribution in [2.45, 2.75) is 19.5 Å². The molecule has 3 heterocycles. The van der Waals surface area contributed by atoms with Crippen LogP contribution >= 0.6 is 0 Å². The number of nitrogens with zero attached hydrogens (tertiary/aromatic N) is 2. The Hall–Kier alpha value is -3.08. The Labute approximate surface area is 145 Å². The number of ether oxygens (including phenoxy) is 1. The lowest BCUT2D eigenvalue weighted by molar-refractivity contribution is 0.0645. The topological polar surface area (TPSA) is 55.6 Å². The average molecular weight is 334 g/mol. The first-order chi connectivity index (χ1) is 12.2. The van der Waals surface area contributed by atoms with Crippen LogP contribution in [0.4, 0.5) is 0 Å². The number of aromatic nitrogens is 1. The molecular formula is C20H18N2O3. The van der Waals surface area contributed by atoms with E-state index in [1.165, 1.54) is 12.5 Å². The summed E-state index contributed by atoms with van der Waals surface area (Å²) in [5, 5.41) is 0. The zero-order valence-corrected chi connectivity index (χ0v) is 13.9. The van der Waals surface area contributed by atoms with Gasteiger partial charge in [0.1, 0.15) is 18.6 Å². The highest BCUT2D eigenvalue weighted by Gasteiger charge is 2.27. The van der Waals surface area contributed by atoms with Crippen LogP contribution in [0, 0.1) is 0 Å². The minimum atomic E-state index is -0.0514. The van der Waals surface area contributed by atoms with E-state index in [-0.39, 0.29) is 11.9 Å². The third kappa shape index (κ3) is 3.01. The fourth-order valence-electron chi connectivity index (χ4n) is 3.02. The Balaban J connectivity index is 1.68. The van der Waals surface area contributed by atoms with E-state index in [4.69, 9.17) is 9.15 Å². The lowest BCUT2D eigenvalue weighted by atomic mass is 10.0. The van der Waals surface area contributed by atoms with Gasteiger partial charge in [-0.25, -0.2) is 0 Å². The molecule has 0 N–H and O–H groups in total. The molecular weight excluding hydrogens is 316 g/mol. The van der Waals surface area contributed by atoms with Crippen LogP contribution in [0.2, 0.25) is 0 Å². The van der Waals surface area contributed by atoms with Crippen molar-refractivity contribution in [3.05, 3.63) is 72.4 Å². The van der Waals surface area contributed by atoms with Crippen LogP contribution in [-0.4, -0.2) is 28.4 Å². The molecule has 0 bridgehead atoms. The molecule has 1 unspecified atom stereocenters. The van der Waals surface area contributed by atoms with Gasteiger partial charge in [-0.2, -0.15) is 0 Å². The Morgan fingerprint density at radius 3 is 2.92 bits per heavy atom. The molecule has 126 valence electrons. The molecule has 1 aromatic carbocycles. The summed E-state index contributed by atoms with van der Waals surface area (Å²) in [6, 6.07) is 11.6. The largest absolute Gasteiger partial charge is 0.491 e. The number of amides is 1. The van der Waals surface area contributed by atoms with Gasteiger partial charge in [0, 0.05) is 23.5 Å². The summed E-state index contributed by atoms with van der Waals surface area (Å²) in [7, 11) is 0. The highest BCUT2D eigenvalue weighted by molar-refractivity contribution is 5.94. The van der Waals surface area contributed by atoms with Crippen LogP contribution in [0.1, 0.15) is 22.8 Å². The van der Waals surface area contributed by atoms with E-state index in [0.717, 1.165) is 22.4 Å². The predicted molar refractivity (Wildman–Crippen MR) is 93.2 cm³/mol. The first kappa shape index (κ1) is 15.4. The summed E-state index contributed by atoms with van der Waals surface area (Å²) < 4.78 is 11.0. The summed E-state index contributed by atoms with van der Waals surface area (Å²) in [5.74, 6) is 0.770. The molecule has 0 spiro atoms. The minimum Gasteiger partial charge on any atom is -0.491 e. The van der Waals surface area contributed by atoms with Crippen LogP contribution in [0.3, 0.4) is 0 Å². The third-order valence-corrected chi connectivity index (χ3v) is 4.44. The summed E-state index contributed by atoms with van der Waals surface area (Å²) >= 11 is 0. The third-order valence-electron chi connectivity index (χ3n) is 4.44. The first-order valence-electron chi connectivity index (χ1n) is 8.21. The van der Waals surface area contributed by atoms with Crippen LogP contribution < -0.4 is 4.74 Å². The molecule has 1 aliphatic heterocycles. The quantitative estimate of drug-likeness (QED) is 0.716. The van der Waals surface area contributed by atoms with Gasteiger partial charge in [-0.1, -0.05) is 12.1 Å². The predicted octanol–water partition coefficient (Wildman–Crippen LogP) is 3.76. The number of hydrogen-bond acceptors (Lipinski definition) is 4. The van der Waals surface area contributed by atoms with Crippen molar-refractivity contribution in [1.82, 2.24) is 9.88 Å². The van der Waals surface area contributed by atoms with Gasteiger partial charge >= 0.3 is 0 Å². The number of benzene rings is 1. The van der Waals surface area contributed by atoms with Crippen LogP contribution in [0.5, 0.6) is 5.75 Å². The van der Waals surface area contributed by atoms with E-state index < -0.39 is 0 Å². The molecule has 25 heavy (non-hydrogen) atoms. The fraction of sp³-hybridized carbons (Fsp3) is 0.200. The van der Waals surface area contributed by atoms with Gasteiger partial charge in [-0.15, -0.1) is 0 Å². The second kappa shape index (κ2) is 6.43. The monoisotopic (exact) mass is 334 g/mol. The molecule has 3 aromatic rings. The number of carbonyl (C=O) groups is 1. The van der Waals surface area contributed by atoms with Gasteiger partial charge < -0.3 is 14.1 Å². The average Bonchev–Trinajstić information content (AvgIpc) is 3.14. The number of rotatable bonds is 2. The zero-order chi connectivity index (χ0) is 17.2. The lowest BCUT2D eigenvalue weighted by Crippen LogP contribution is -2.39. The SMILES string of the molecule is CC1COc2ccc(-c3cccnc3)cc2CN1C(=O)c1ccoc1. The van der Waals surface area contributed by atoms with Crippen LogP contribution in [0.15, 0.2) is 65.7 Å². The van der Waals surface area contributed by atoms with E-state index in [0.29, 0.717) is 18.7 Å². The van der Waals surface area contributed by atoms with Crippen LogP contribution in [-0.2, 0) is 6.54 Å². The smallest absolute Gasteiger partial charge is 0.257 e. The second-order valence-corrected chi connectivity index (χ2v) is 6.17. The zero-order valence-electron chi connectivity index (χ0n) is 13.9. The molecule has 0 saturated carbocycles. The molecule has 1 atom stereocenters. The molecule has 0 radical (unpaired) electrons. The molecule has 4 rings (SSSR count). The molecule has 2 aromatic heterocycles. The van der Waals surface area contributed by atoms with Crippen molar-refractivity contribution < 1.29 is 13.9 Å². The number of fused-ring (bicyclic) bond motifs is 1. The number of furan rings is 1. The van der Waals surface area contributed by atoms with Crippen molar-refractivity contribution in [3.8, 4) is 16.9 Å². The Bertz CT molecular complexity index is 875. The number of hydrogen-bond donors (Lipinski definition) is 0. The van der Waals surface area contributed by atoms with Crippen molar-refractivity contribution in [2.75, 3.05) is 6.61 Å². The van der Waals surface area contributed by atoms with Gasteiger partial charge in [0.15, 0.2) is 0 Å². The standard InChI is InChI=1S/C20H18N2O3/c1-14-12-25-19-5-4-15(16-3-2-7-21-10-16)9-18(19)11-22(14)20(23)17-6-8-24-13-17/h2-10,13-14H,11-12H2,1H3. The van der Waals surface area contributed by atoms with Crippen LogP contribution in [0.25, 0.3) is 11.1 Å². The maximum atomic E-state index is 12.8. The second-order valence-electron chi connectivity index (χ2n) is 6.17. The van der Waals surface area contributed by atoms with Gasteiger partial charge in [-0.05, 0) is 36.8 Å². The van der Waals surface area contributed by atoms with E-state index in [9.17, 15) is 4.79 Å². The maximum Gasteiger partial charge on any atom is 0.257 e. The molecule has 5 nitrogen and oxygen atoms in total. The molecule has 5 heteroatoms. The molecule has 1 aliphatic rings. The number of carbonyl (C=O) groups excluding carboxylic acids is 1. The van der Waals surface area contributed by atoms with E-state index in [1.54, 1.807) is 12.3 Å². The van der Waals surface area contributed by atoms with E-state index in [2.05, 4.69) is 11.1 Å². The molecule has 0 fully saturated rings. The summed E-state index contributed by atoms with van der Waals surface area (Å²) in [5.41, 5.74) is 3.64. The minimum absolute atomic E-state index is 0.0309. The molecule has 0 aliphatic carbocycles. The summed E-state index contributed by atoms with van der Waals surface area (Å²) in [6.45, 7) is 2.95. The Morgan fingerprint density at radius 2 is 2.16 bits per heavy atom. The van der Waals surface area contributed by atoms with Gasteiger partial charge in [0.05, 0.1) is 24.4 Å². The van der Waals surface area contributed by atoms with Gasteiger partial charge in [0.25, 0.3) is 5.91 Å². The van der Waals surface area contributed by atoms with Crippen molar-refractivity contribution in [1.29, 1.82) is 0 Å². The summed E-state index contributed by atoms with van der Waals surface area (Å²) in [4.78, 5) is 18.8.